The van der Waals surface area contributed by atoms with Crippen LogP contribution in [0.4, 0.5) is 10.5 Å². The van der Waals surface area contributed by atoms with Crippen molar-refractivity contribution in [2.45, 2.75) is 30.7 Å². The van der Waals surface area contributed by atoms with Gasteiger partial charge in [0.15, 0.2) is 6.29 Å². The molecule has 164 valence electrons. The molecular weight excluding hydrogens is 402 g/mol. The van der Waals surface area contributed by atoms with E-state index in [2.05, 4.69) is 23.1 Å². The Labute approximate surface area is 182 Å². The van der Waals surface area contributed by atoms with Gasteiger partial charge in [-0.25, -0.2) is 4.79 Å². The van der Waals surface area contributed by atoms with Gasteiger partial charge in [-0.1, -0.05) is 36.0 Å². The molecule has 5 atom stereocenters. The molecule has 1 aliphatic heterocycles. The van der Waals surface area contributed by atoms with Crippen molar-refractivity contribution in [1.82, 2.24) is 0 Å². The van der Waals surface area contributed by atoms with Crippen molar-refractivity contribution in [3.63, 3.8) is 0 Å². The lowest BCUT2D eigenvalue weighted by Crippen LogP contribution is -2.62. The lowest BCUT2D eigenvalue weighted by Gasteiger charge is -2.44. The minimum Gasteiger partial charge on any atom is -0.446 e. The van der Waals surface area contributed by atoms with Crippen LogP contribution in [0.3, 0.4) is 0 Å². The minimum atomic E-state index is -0.868. The Balaban J connectivity index is 2.14. The highest BCUT2D eigenvalue weighted by molar-refractivity contribution is 5.84. The van der Waals surface area contributed by atoms with Gasteiger partial charge in [-0.15, -0.1) is 19.3 Å². The summed E-state index contributed by atoms with van der Waals surface area (Å²) >= 11 is 0. The quantitative estimate of drug-likeness (QED) is 0.569. The molecule has 0 bridgehead atoms. The van der Waals surface area contributed by atoms with E-state index in [9.17, 15) is 4.79 Å². The standard InChI is InChI=1S/C23H25NO7/c1-5-13-27-19-18(16-30-23(25)24-17-11-9-8-10-12-17)31-22(26-4)21(29-15-7-3)20(19)28-14-6-2/h1-3,8-12,18-22H,13-16H2,4H3,(H,24,25)/t18-,19-,20+,21+,22+/m1/s1. The molecule has 0 aliphatic carbocycles. The van der Waals surface area contributed by atoms with E-state index < -0.39 is 36.8 Å². The van der Waals surface area contributed by atoms with Crippen molar-refractivity contribution in [3.05, 3.63) is 30.3 Å². The fourth-order valence-electron chi connectivity index (χ4n) is 3.04. The predicted octanol–water partition coefficient (Wildman–Crippen LogP) is 1.66. The molecule has 1 fully saturated rings. The summed E-state index contributed by atoms with van der Waals surface area (Å²) in [7, 11) is 1.44. The van der Waals surface area contributed by atoms with Gasteiger partial charge >= 0.3 is 6.09 Å². The highest BCUT2D eigenvalue weighted by Gasteiger charge is 2.49. The fraction of sp³-hybridized carbons (Fsp3) is 0.435. The summed E-state index contributed by atoms with van der Waals surface area (Å²) < 4.78 is 33.9. The zero-order chi connectivity index (χ0) is 22.5. The van der Waals surface area contributed by atoms with Crippen LogP contribution in [0, 0.1) is 37.0 Å². The van der Waals surface area contributed by atoms with Gasteiger partial charge < -0.3 is 28.4 Å². The number of carbonyl (C=O) groups is 1. The van der Waals surface area contributed by atoms with Gasteiger partial charge in [-0.05, 0) is 12.1 Å². The third-order valence-electron chi connectivity index (χ3n) is 4.30. The number of nitrogens with one attached hydrogen (secondary N) is 1. The Hall–Kier alpha value is -3.03. The summed E-state index contributed by atoms with van der Waals surface area (Å²) in [5.41, 5.74) is 0.588. The number of para-hydroxylation sites is 1. The smallest absolute Gasteiger partial charge is 0.411 e. The summed E-state index contributed by atoms with van der Waals surface area (Å²) in [5.74, 6) is 7.19. The van der Waals surface area contributed by atoms with Crippen LogP contribution in [-0.2, 0) is 28.4 Å². The number of hydrogen-bond acceptors (Lipinski definition) is 7. The topological polar surface area (TPSA) is 84.5 Å². The molecule has 0 spiro atoms. The molecule has 1 amide bonds. The first-order chi connectivity index (χ1) is 15.1. The number of amides is 1. The van der Waals surface area contributed by atoms with Gasteiger partial charge in [0, 0.05) is 12.8 Å². The Bertz CT molecular complexity index is 808. The van der Waals surface area contributed by atoms with Gasteiger partial charge in [-0.3, -0.25) is 5.32 Å². The van der Waals surface area contributed by atoms with Crippen LogP contribution in [0.1, 0.15) is 0 Å². The number of rotatable bonds is 10. The van der Waals surface area contributed by atoms with Gasteiger partial charge in [-0.2, -0.15) is 0 Å². The van der Waals surface area contributed by atoms with E-state index in [0.29, 0.717) is 5.69 Å². The van der Waals surface area contributed by atoms with Crippen molar-refractivity contribution >= 4 is 11.8 Å². The highest BCUT2D eigenvalue weighted by atomic mass is 16.7. The third-order valence-corrected chi connectivity index (χ3v) is 4.30. The minimum absolute atomic E-state index is 0.00763. The molecule has 0 aromatic heterocycles. The maximum atomic E-state index is 12.2. The Morgan fingerprint density at radius 1 is 0.968 bits per heavy atom. The molecule has 8 nitrogen and oxygen atoms in total. The number of methoxy groups -OCH3 is 1. The number of benzene rings is 1. The summed E-state index contributed by atoms with van der Waals surface area (Å²) in [6, 6.07) is 8.87. The average molecular weight is 427 g/mol. The van der Waals surface area contributed by atoms with E-state index in [1.807, 2.05) is 6.07 Å². The van der Waals surface area contributed by atoms with E-state index >= 15 is 0 Å². The van der Waals surface area contributed by atoms with E-state index in [-0.39, 0.29) is 26.4 Å². The summed E-state index contributed by atoms with van der Waals surface area (Å²) in [5, 5.41) is 2.62. The molecule has 0 radical (unpaired) electrons. The first-order valence-electron chi connectivity index (χ1n) is 9.46. The number of anilines is 1. The molecule has 1 aromatic rings. The van der Waals surface area contributed by atoms with Crippen LogP contribution in [-0.4, -0.2) is 70.3 Å². The molecule has 0 unspecified atom stereocenters. The van der Waals surface area contributed by atoms with Crippen molar-refractivity contribution < 1.29 is 33.2 Å². The first kappa shape index (κ1) is 24.2. The molecule has 1 aromatic carbocycles. The van der Waals surface area contributed by atoms with Gasteiger partial charge in [0.1, 0.15) is 50.8 Å². The molecule has 31 heavy (non-hydrogen) atoms. The van der Waals surface area contributed by atoms with E-state index in [4.69, 9.17) is 47.7 Å². The Morgan fingerprint density at radius 3 is 2.13 bits per heavy atom. The molecule has 1 saturated heterocycles. The van der Waals surface area contributed by atoms with Gasteiger partial charge in [0.2, 0.25) is 0 Å². The van der Waals surface area contributed by atoms with Crippen molar-refractivity contribution in [3.8, 4) is 37.0 Å². The predicted molar refractivity (Wildman–Crippen MR) is 113 cm³/mol. The number of terminal acetylenes is 3. The van der Waals surface area contributed by atoms with Crippen LogP contribution in [0.15, 0.2) is 30.3 Å². The average Bonchev–Trinajstić information content (AvgIpc) is 2.79. The van der Waals surface area contributed by atoms with Crippen LogP contribution in [0.5, 0.6) is 0 Å². The first-order valence-corrected chi connectivity index (χ1v) is 9.46. The molecular formula is C23H25NO7. The van der Waals surface area contributed by atoms with Crippen LogP contribution in [0.25, 0.3) is 0 Å². The molecule has 2 rings (SSSR count). The monoisotopic (exact) mass is 427 g/mol. The second kappa shape index (κ2) is 13.3. The van der Waals surface area contributed by atoms with E-state index in [1.165, 1.54) is 7.11 Å². The van der Waals surface area contributed by atoms with E-state index in [1.54, 1.807) is 24.3 Å². The Morgan fingerprint density at radius 2 is 1.55 bits per heavy atom. The number of carbonyl (C=O) groups excluding carboxylic acids is 1. The molecule has 1 heterocycles. The maximum absolute atomic E-state index is 12.2. The second-order valence-corrected chi connectivity index (χ2v) is 6.31. The fourth-order valence-corrected chi connectivity index (χ4v) is 3.04. The van der Waals surface area contributed by atoms with E-state index in [0.717, 1.165) is 0 Å². The van der Waals surface area contributed by atoms with Gasteiger partial charge in [0.25, 0.3) is 0 Å². The van der Waals surface area contributed by atoms with Crippen LogP contribution in [0.2, 0.25) is 0 Å². The second-order valence-electron chi connectivity index (χ2n) is 6.31. The SMILES string of the molecule is C#CCO[C@@H]1[C@H](OCC#C)[C@@H](OC)O[C@H](COC(=O)Nc2ccccc2)[C@H]1OCC#C. The lowest BCUT2D eigenvalue weighted by atomic mass is 9.98. The third kappa shape index (κ3) is 7.31. The summed E-state index contributed by atoms with van der Waals surface area (Å²) in [6.45, 7) is -0.219. The maximum Gasteiger partial charge on any atom is 0.411 e. The number of hydrogen-bond donors (Lipinski definition) is 1. The highest BCUT2D eigenvalue weighted by Crippen LogP contribution is 2.29. The summed E-state index contributed by atoms with van der Waals surface area (Å²) in [6.07, 6.45) is 11.5. The van der Waals surface area contributed by atoms with Crippen LogP contribution < -0.4 is 5.32 Å². The Kier molecular flexibility index (Phi) is 10.4. The summed E-state index contributed by atoms with van der Waals surface area (Å²) in [4.78, 5) is 12.2. The van der Waals surface area contributed by atoms with Crippen LogP contribution >= 0.6 is 0 Å². The largest absolute Gasteiger partial charge is 0.446 e. The number of ether oxygens (including phenoxy) is 6. The normalized spacial score (nSPS) is 24.9. The molecule has 1 aliphatic rings. The molecule has 8 heteroatoms. The molecule has 1 N–H and O–H groups in total. The van der Waals surface area contributed by atoms with Crippen molar-refractivity contribution in [2.75, 3.05) is 38.9 Å². The van der Waals surface area contributed by atoms with Gasteiger partial charge in [0.05, 0.1) is 0 Å². The van der Waals surface area contributed by atoms with Crippen molar-refractivity contribution in [2.24, 2.45) is 0 Å². The zero-order valence-electron chi connectivity index (χ0n) is 17.2. The molecule has 0 saturated carbocycles. The lowest BCUT2D eigenvalue weighted by molar-refractivity contribution is -0.311. The van der Waals surface area contributed by atoms with Crippen molar-refractivity contribution in [1.29, 1.82) is 0 Å². The zero-order valence-corrected chi connectivity index (χ0v) is 17.2.